The Balaban J connectivity index is 1.83. The zero-order valence-electron chi connectivity index (χ0n) is 11.0. The van der Waals surface area contributed by atoms with Crippen molar-refractivity contribution in [3.05, 3.63) is 29.8 Å². The van der Waals surface area contributed by atoms with Crippen molar-refractivity contribution in [2.45, 2.75) is 25.1 Å². The van der Waals surface area contributed by atoms with Crippen molar-refractivity contribution in [2.24, 2.45) is 0 Å². The molecule has 0 saturated heterocycles. The summed E-state index contributed by atoms with van der Waals surface area (Å²) in [5, 5.41) is 7.20. The first-order chi connectivity index (χ1) is 9.84. The lowest BCUT2D eigenvalue weighted by atomic mass is 10.2. The number of hydrogen-bond acceptors (Lipinski definition) is 2. The van der Waals surface area contributed by atoms with E-state index in [0.29, 0.717) is 0 Å². The van der Waals surface area contributed by atoms with Crippen molar-refractivity contribution in [1.29, 1.82) is 0 Å². The SMILES string of the molecule is O=C(CNC(=O)Nc1cccc(C(F)(F)F)c1)NC1CC1. The van der Waals surface area contributed by atoms with Gasteiger partial charge in [-0.3, -0.25) is 4.79 Å². The first-order valence-electron chi connectivity index (χ1n) is 6.36. The summed E-state index contributed by atoms with van der Waals surface area (Å²) in [5.74, 6) is -0.323. The Kier molecular flexibility index (Phi) is 4.35. The molecule has 1 aromatic rings. The number of rotatable bonds is 4. The topological polar surface area (TPSA) is 70.2 Å². The highest BCUT2D eigenvalue weighted by atomic mass is 19.4. The van der Waals surface area contributed by atoms with Gasteiger partial charge in [-0.15, -0.1) is 0 Å². The van der Waals surface area contributed by atoms with E-state index in [2.05, 4.69) is 16.0 Å². The minimum absolute atomic E-state index is 0.00456. The molecule has 2 rings (SSSR count). The van der Waals surface area contributed by atoms with Crippen LogP contribution in [0.25, 0.3) is 0 Å². The van der Waals surface area contributed by atoms with Crippen molar-refractivity contribution in [2.75, 3.05) is 11.9 Å². The Morgan fingerprint density at radius 1 is 1.24 bits per heavy atom. The van der Waals surface area contributed by atoms with E-state index in [9.17, 15) is 22.8 Å². The van der Waals surface area contributed by atoms with Gasteiger partial charge in [-0.2, -0.15) is 13.2 Å². The Morgan fingerprint density at radius 2 is 1.95 bits per heavy atom. The minimum Gasteiger partial charge on any atom is -0.352 e. The summed E-state index contributed by atoms with van der Waals surface area (Å²) in [5.41, 5.74) is -0.850. The lowest BCUT2D eigenvalue weighted by molar-refractivity contribution is -0.137. The van der Waals surface area contributed by atoms with E-state index in [0.717, 1.165) is 25.0 Å². The highest BCUT2D eigenvalue weighted by Crippen LogP contribution is 2.30. The average molecular weight is 301 g/mol. The zero-order chi connectivity index (χ0) is 15.5. The number of halogens is 3. The van der Waals surface area contributed by atoms with Crippen LogP contribution in [0.5, 0.6) is 0 Å². The standard InChI is InChI=1S/C13H14F3N3O2/c14-13(15,16)8-2-1-3-10(6-8)19-12(21)17-7-11(20)18-9-4-5-9/h1-3,6,9H,4-5,7H2,(H,18,20)(H2,17,19,21). The second-order valence-electron chi connectivity index (χ2n) is 4.73. The molecule has 21 heavy (non-hydrogen) atoms. The van der Waals surface area contributed by atoms with Crippen molar-refractivity contribution in [3.63, 3.8) is 0 Å². The molecule has 0 heterocycles. The third kappa shape index (κ3) is 4.97. The summed E-state index contributed by atoms with van der Waals surface area (Å²) in [4.78, 5) is 22.8. The van der Waals surface area contributed by atoms with Crippen LogP contribution in [0.4, 0.5) is 23.7 Å². The molecule has 0 radical (unpaired) electrons. The highest BCUT2D eigenvalue weighted by Gasteiger charge is 2.30. The van der Waals surface area contributed by atoms with Crippen molar-refractivity contribution >= 4 is 17.6 Å². The van der Waals surface area contributed by atoms with E-state index < -0.39 is 17.8 Å². The molecular formula is C13H14F3N3O2. The molecule has 3 N–H and O–H groups in total. The molecule has 0 spiro atoms. The molecule has 0 unspecified atom stereocenters. The van der Waals surface area contributed by atoms with Crippen molar-refractivity contribution in [3.8, 4) is 0 Å². The Labute approximate surface area is 118 Å². The van der Waals surface area contributed by atoms with Gasteiger partial charge in [0.15, 0.2) is 0 Å². The first-order valence-corrected chi connectivity index (χ1v) is 6.36. The summed E-state index contributed by atoms with van der Waals surface area (Å²) in [6.07, 6.45) is -2.61. The number of hydrogen-bond donors (Lipinski definition) is 3. The molecular weight excluding hydrogens is 287 g/mol. The second-order valence-corrected chi connectivity index (χ2v) is 4.73. The van der Waals surface area contributed by atoms with E-state index in [4.69, 9.17) is 0 Å². The van der Waals surface area contributed by atoms with Gasteiger partial charge in [0.05, 0.1) is 12.1 Å². The van der Waals surface area contributed by atoms with E-state index in [1.165, 1.54) is 12.1 Å². The van der Waals surface area contributed by atoms with Crippen LogP contribution in [0.15, 0.2) is 24.3 Å². The molecule has 0 aliphatic heterocycles. The lowest BCUT2D eigenvalue weighted by Crippen LogP contribution is -2.39. The van der Waals surface area contributed by atoms with Crippen LogP contribution in [0.3, 0.4) is 0 Å². The van der Waals surface area contributed by atoms with Crippen LogP contribution in [0, 0.1) is 0 Å². The number of carbonyl (C=O) groups excluding carboxylic acids is 2. The molecule has 0 atom stereocenters. The molecule has 114 valence electrons. The number of alkyl halides is 3. The number of carbonyl (C=O) groups is 2. The lowest BCUT2D eigenvalue weighted by Gasteiger charge is -2.10. The average Bonchev–Trinajstić information content (AvgIpc) is 3.20. The predicted molar refractivity (Wildman–Crippen MR) is 69.6 cm³/mol. The van der Waals surface area contributed by atoms with Gasteiger partial charge in [0.1, 0.15) is 0 Å². The second kappa shape index (κ2) is 6.02. The van der Waals surface area contributed by atoms with Gasteiger partial charge in [-0.05, 0) is 31.0 Å². The van der Waals surface area contributed by atoms with Crippen molar-refractivity contribution in [1.82, 2.24) is 10.6 Å². The van der Waals surface area contributed by atoms with Gasteiger partial charge in [0, 0.05) is 11.7 Å². The summed E-state index contributed by atoms with van der Waals surface area (Å²) in [6.45, 7) is -0.221. The van der Waals surface area contributed by atoms with E-state index in [-0.39, 0.29) is 24.2 Å². The first kappa shape index (κ1) is 15.1. The number of amides is 3. The predicted octanol–water partition coefficient (Wildman–Crippen LogP) is 2.11. The van der Waals surface area contributed by atoms with Crippen LogP contribution in [0.2, 0.25) is 0 Å². The fourth-order valence-electron chi connectivity index (χ4n) is 1.62. The Morgan fingerprint density at radius 3 is 2.57 bits per heavy atom. The van der Waals surface area contributed by atoms with Crippen LogP contribution >= 0.6 is 0 Å². The number of benzene rings is 1. The van der Waals surface area contributed by atoms with E-state index >= 15 is 0 Å². The van der Waals surface area contributed by atoms with Gasteiger partial charge >= 0.3 is 12.2 Å². The third-order valence-electron chi connectivity index (χ3n) is 2.80. The largest absolute Gasteiger partial charge is 0.416 e. The maximum Gasteiger partial charge on any atom is 0.416 e. The van der Waals surface area contributed by atoms with Crippen molar-refractivity contribution < 1.29 is 22.8 Å². The van der Waals surface area contributed by atoms with Crippen LogP contribution in [0.1, 0.15) is 18.4 Å². The molecule has 1 saturated carbocycles. The molecule has 1 fully saturated rings. The van der Waals surface area contributed by atoms with Crippen LogP contribution in [-0.2, 0) is 11.0 Å². The molecule has 8 heteroatoms. The minimum atomic E-state index is -4.47. The number of urea groups is 1. The van der Waals surface area contributed by atoms with Crippen LogP contribution < -0.4 is 16.0 Å². The van der Waals surface area contributed by atoms with Gasteiger partial charge in [0.2, 0.25) is 5.91 Å². The zero-order valence-corrected chi connectivity index (χ0v) is 11.0. The third-order valence-corrected chi connectivity index (χ3v) is 2.80. The molecule has 1 aromatic carbocycles. The summed E-state index contributed by atoms with van der Waals surface area (Å²) in [6, 6.07) is 3.71. The molecule has 1 aliphatic carbocycles. The fourth-order valence-corrected chi connectivity index (χ4v) is 1.62. The molecule has 0 aromatic heterocycles. The molecule has 1 aliphatic rings. The van der Waals surface area contributed by atoms with Gasteiger partial charge in [0.25, 0.3) is 0 Å². The monoisotopic (exact) mass is 301 g/mol. The molecule has 5 nitrogen and oxygen atoms in total. The van der Waals surface area contributed by atoms with E-state index in [1.807, 2.05) is 0 Å². The molecule has 0 bridgehead atoms. The molecule has 3 amide bonds. The quantitative estimate of drug-likeness (QED) is 0.797. The van der Waals surface area contributed by atoms with Crippen LogP contribution in [-0.4, -0.2) is 24.5 Å². The Hall–Kier alpha value is -2.25. The smallest absolute Gasteiger partial charge is 0.352 e. The number of nitrogens with one attached hydrogen (secondary N) is 3. The van der Waals surface area contributed by atoms with E-state index in [1.54, 1.807) is 0 Å². The Bertz CT molecular complexity index is 542. The van der Waals surface area contributed by atoms with Gasteiger partial charge < -0.3 is 16.0 Å². The highest BCUT2D eigenvalue weighted by molar-refractivity contribution is 5.92. The number of anilines is 1. The van der Waals surface area contributed by atoms with Gasteiger partial charge in [-0.25, -0.2) is 4.79 Å². The maximum atomic E-state index is 12.5. The summed E-state index contributed by atoms with van der Waals surface area (Å²) in [7, 11) is 0. The summed E-state index contributed by atoms with van der Waals surface area (Å²) >= 11 is 0. The fraction of sp³-hybridized carbons (Fsp3) is 0.385. The van der Waals surface area contributed by atoms with Gasteiger partial charge in [-0.1, -0.05) is 6.07 Å². The normalized spacial score (nSPS) is 14.4. The summed E-state index contributed by atoms with van der Waals surface area (Å²) < 4.78 is 37.5. The maximum absolute atomic E-state index is 12.5.